The maximum atomic E-state index is 14.5. The number of aromatic nitrogens is 1. The van der Waals surface area contributed by atoms with Crippen LogP contribution in [0.5, 0.6) is 0 Å². The molecule has 2 aliphatic rings. The van der Waals surface area contributed by atoms with E-state index in [1.807, 2.05) is 18.2 Å². The normalized spacial score (nSPS) is 26.5. The second-order valence-corrected chi connectivity index (χ2v) is 9.24. The Kier molecular flexibility index (Phi) is 5.94. The summed E-state index contributed by atoms with van der Waals surface area (Å²) in [5.74, 6) is -3.56. The first kappa shape index (κ1) is 21.6. The van der Waals surface area contributed by atoms with Crippen LogP contribution < -0.4 is 0 Å². The van der Waals surface area contributed by atoms with Crippen LogP contribution in [0.15, 0.2) is 30.5 Å². The maximum Gasteiger partial charge on any atom is 0.263 e. The van der Waals surface area contributed by atoms with Crippen molar-refractivity contribution >= 4 is 16.8 Å². The molecule has 2 fully saturated rings. The van der Waals surface area contributed by atoms with Crippen LogP contribution in [0.4, 0.5) is 8.78 Å². The van der Waals surface area contributed by atoms with Gasteiger partial charge >= 0.3 is 0 Å². The molecule has 1 amide bonds. The highest BCUT2D eigenvalue weighted by Crippen LogP contribution is 2.38. The van der Waals surface area contributed by atoms with Crippen molar-refractivity contribution in [3.05, 3.63) is 41.6 Å². The molecule has 0 aliphatic carbocycles. The van der Waals surface area contributed by atoms with Gasteiger partial charge in [0.1, 0.15) is 6.07 Å². The van der Waals surface area contributed by atoms with Crippen LogP contribution in [0.25, 0.3) is 10.9 Å². The van der Waals surface area contributed by atoms with Crippen molar-refractivity contribution in [2.45, 2.75) is 38.0 Å². The van der Waals surface area contributed by atoms with E-state index in [2.05, 4.69) is 18.0 Å². The highest BCUT2D eigenvalue weighted by atomic mass is 19.3. The first-order valence-electron chi connectivity index (χ1n) is 10.9. The van der Waals surface area contributed by atoms with Gasteiger partial charge in [0.2, 0.25) is 5.91 Å². The van der Waals surface area contributed by atoms with Crippen molar-refractivity contribution < 1.29 is 13.6 Å². The molecule has 7 heteroatoms. The zero-order chi connectivity index (χ0) is 22.2. The number of likely N-dealkylation sites (tertiary alicyclic amines) is 2. The van der Waals surface area contributed by atoms with E-state index < -0.39 is 11.8 Å². The lowest BCUT2D eigenvalue weighted by molar-refractivity contribution is -0.145. The highest BCUT2D eigenvalue weighted by Gasteiger charge is 2.45. The summed E-state index contributed by atoms with van der Waals surface area (Å²) in [6.07, 6.45) is 2.82. The van der Waals surface area contributed by atoms with Gasteiger partial charge in [-0.1, -0.05) is 19.1 Å². The number of carbonyl (C=O) groups excluding carboxylic acids is 1. The number of rotatable bonds is 3. The monoisotopic (exact) mass is 426 g/mol. The summed E-state index contributed by atoms with van der Waals surface area (Å²) < 4.78 is 28.9. The number of pyridine rings is 1. The summed E-state index contributed by atoms with van der Waals surface area (Å²) in [7, 11) is 1.69. The summed E-state index contributed by atoms with van der Waals surface area (Å²) in [6.45, 7) is 3.52. The molecule has 0 radical (unpaired) electrons. The summed E-state index contributed by atoms with van der Waals surface area (Å²) in [5.41, 5.74) is 2.27. The third kappa shape index (κ3) is 4.40. The largest absolute Gasteiger partial charge is 0.342 e. The number of fused-ring (bicyclic) bond motifs is 1. The van der Waals surface area contributed by atoms with E-state index in [1.54, 1.807) is 29.1 Å². The number of alkyl halides is 2. The number of benzene rings is 1. The fraction of sp³-hybridized carbons (Fsp3) is 0.542. The second-order valence-electron chi connectivity index (χ2n) is 9.24. The molecule has 3 atom stereocenters. The number of halogens is 2. The lowest BCUT2D eigenvalue weighted by atomic mass is 9.82. The minimum Gasteiger partial charge on any atom is -0.342 e. The molecule has 1 aromatic heterocycles. The molecular formula is C24H28F2N4O. The van der Waals surface area contributed by atoms with Crippen LogP contribution >= 0.6 is 0 Å². The van der Waals surface area contributed by atoms with Gasteiger partial charge in [0, 0.05) is 42.9 Å². The van der Waals surface area contributed by atoms with Gasteiger partial charge < -0.3 is 9.80 Å². The Morgan fingerprint density at radius 2 is 2.13 bits per heavy atom. The molecule has 5 nitrogen and oxygen atoms in total. The van der Waals surface area contributed by atoms with Gasteiger partial charge in [0.15, 0.2) is 0 Å². The van der Waals surface area contributed by atoms with Crippen LogP contribution in [0.1, 0.15) is 43.2 Å². The smallest absolute Gasteiger partial charge is 0.263 e. The molecule has 4 rings (SSSR count). The number of hydrogen-bond donors (Lipinski definition) is 0. The molecule has 0 bridgehead atoms. The van der Waals surface area contributed by atoms with Crippen LogP contribution in [0, 0.1) is 23.2 Å². The number of piperidine rings is 2. The topological polar surface area (TPSA) is 60.2 Å². The predicted octanol–water partition coefficient (Wildman–Crippen LogP) is 4.04. The Hall–Kier alpha value is -2.59. The van der Waals surface area contributed by atoms with Gasteiger partial charge in [-0.2, -0.15) is 5.26 Å². The van der Waals surface area contributed by atoms with Crippen molar-refractivity contribution in [3.8, 4) is 6.07 Å². The number of amides is 1. The predicted molar refractivity (Wildman–Crippen MR) is 115 cm³/mol. The molecule has 2 saturated heterocycles. The Morgan fingerprint density at radius 1 is 1.32 bits per heavy atom. The summed E-state index contributed by atoms with van der Waals surface area (Å²) in [6, 6.07) is 9.75. The molecular weight excluding hydrogens is 398 g/mol. The second kappa shape index (κ2) is 8.51. The van der Waals surface area contributed by atoms with E-state index >= 15 is 0 Å². The fourth-order valence-electron chi connectivity index (χ4n) is 5.17. The molecule has 3 heterocycles. The number of hydrogen-bond acceptors (Lipinski definition) is 4. The van der Waals surface area contributed by atoms with Crippen molar-refractivity contribution in [3.63, 3.8) is 0 Å². The van der Waals surface area contributed by atoms with Crippen LogP contribution in [-0.4, -0.2) is 59.8 Å². The lowest BCUT2D eigenvalue weighted by Gasteiger charge is -2.40. The Labute approximate surface area is 181 Å². The van der Waals surface area contributed by atoms with E-state index in [-0.39, 0.29) is 30.7 Å². The average molecular weight is 427 g/mol. The quantitative estimate of drug-likeness (QED) is 0.743. The molecule has 164 valence electrons. The van der Waals surface area contributed by atoms with Crippen molar-refractivity contribution in [1.82, 2.24) is 14.8 Å². The molecule has 2 aliphatic heterocycles. The van der Waals surface area contributed by atoms with E-state index in [4.69, 9.17) is 0 Å². The SMILES string of the molecule is C[C@@H]1C[C@H](c2ccc(C#N)c3ncccc23)CN(C(=O)CC2CCN(C)CC2(F)F)C1. The minimum atomic E-state index is -2.83. The average Bonchev–Trinajstić information content (AvgIpc) is 2.74. The zero-order valence-corrected chi connectivity index (χ0v) is 18.0. The van der Waals surface area contributed by atoms with Gasteiger partial charge in [-0.25, -0.2) is 8.78 Å². The third-order valence-electron chi connectivity index (χ3n) is 6.73. The van der Waals surface area contributed by atoms with E-state index in [1.165, 1.54) is 0 Å². The maximum absolute atomic E-state index is 14.5. The first-order valence-corrected chi connectivity index (χ1v) is 10.9. The summed E-state index contributed by atoms with van der Waals surface area (Å²) in [4.78, 5) is 20.8. The summed E-state index contributed by atoms with van der Waals surface area (Å²) in [5, 5.41) is 10.3. The number of nitrogens with zero attached hydrogens (tertiary/aromatic N) is 4. The number of nitriles is 1. The Bertz CT molecular complexity index is 1020. The zero-order valence-electron chi connectivity index (χ0n) is 18.0. The molecule has 2 aromatic rings. The van der Waals surface area contributed by atoms with Gasteiger partial charge in [0.25, 0.3) is 5.92 Å². The first-order chi connectivity index (χ1) is 14.8. The molecule has 0 saturated carbocycles. The van der Waals surface area contributed by atoms with Crippen molar-refractivity contribution in [1.29, 1.82) is 5.26 Å². The highest BCUT2D eigenvalue weighted by molar-refractivity contribution is 5.87. The van der Waals surface area contributed by atoms with E-state index in [0.717, 1.165) is 17.4 Å². The molecule has 0 N–H and O–H groups in total. The number of carbonyl (C=O) groups is 1. The molecule has 1 unspecified atom stereocenters. The minimum absolute atomic E-state index is 0.0881. The van der Waals surface area contributed by atoms with Crippen LogP contribution in [0.3, 0.4) is 0 Å². The molecule has 1 aromatic carbocycles. The third-order valence-corrected chi connectivity index (χ3v) is 6.73. The van der Waals surface area contributed by atoms with Crippen molar-refractivity contribution in [2.24, 2.45) is 11.8 Å². The van der Waals surface area contributed by atoms with Gasteiger partial charge in [-0.3, -0.25) is 9.78 Å². The van der Waals surface area contributed by atoms with Gasteiger partial charge in [-0.15, -0.1) is 0 Å². The van der Waals surface area contributed by atoms with Crippen LogP contribution in [-0.2, 0) is 4.79 Å². The summed E-state index contributed by atoms with van der Waals surface area (Å²) >= 11 is 0. The van der Waals surface area contributed by atoms with Gasteiger partial charge in [0.05, 0.1) is 17.6 Å². The van der Waals surface area contributed by atoms with Crippen LogP contribution in [0.2, 0.25) is 0 Å². The fourth-order valence-corrected chi connectivity index (χ4v) is 5.17. The van der Waals surface area contributed by atoms with E-state index in [0.29, 0.717) is 37.1 Å². The molecule has 0 spiro atoms. The standard InChI is InChI=1S/C24H28F2N4O/c1-16-10-18(20-6-5-17(12-27)23-21(20)4-3-8-28-23)14-30(13-16)22(31)11-19-7-9-29(2)15-24(19,25)26/h3-6,8,16,18-19H,7,9-11,13-15H2,1-2H3/t16-,18+,19?/m1/s1. The molecule has 31 heavy (non-hydrogen) atoms. The Morgan fingerprint density at radius 3 is 2.87 bits per heavy atom. The van der Waals surface area contributed by atoms with Crippen molar-refractivity contribution in [2.75, 3.05) is 33.2 Å². The van der Waals surface area contributed by atoms with E-state index in [9.17, 15) is 18.8 Å². The van der Waals surface area contributed by atoms with Gasteiger partial charge in [-0.05, 0) is 50.0 Å². The Balaban J connectivity index is 1.55. The lowest BCUT2D eigenvalue weighted by Crippen LogP contribution is -2.49.